The Balaban J connectivity index is 1.16. The number of rotatable bonds is 7. The molecule has 3 heterocycles. The van der Waals surface area contributed by atoms with E-state index in [4.69, 9.17) is 15.0 Å². The lowest BCUT2D eigenvalue weighted by molar-refractivity contribution is 1.07. The van der Waals surface area contributed by atoms with E-state index >= 15 is 0 Å². The summed E-state index contributed by atoms with van der Waals surface area (Å²) in [4.78, 5) is 15.9. The predicted octanol–water partition coefficient (Wildman–Crippen LogP) is 14.4. The van der Waals surface area contributed by atoms with E-state index in [-0.39, 0.29) is 0 Å². The first-order valence-corrected chi connectivity index (χ1v) is 21.0. The zero-order valence-electron chi connectivity index (χ0n) is 33.6. The molecular weight excluding hydrogens is 755 g/mol. The molecule has 0 amide bonds. The van der Waals surface area contributed by atoms with Gasteiger partial charge in [-0.2, -0.15) is 0 Å². The van der Waals surface area contributed by atoms with Crippen LogP contribution in [0.4, 0.5) is 0 Å². The summed E-state index contributed by atoms with van der Waals surface area (Å²) in [6.07, 6.45) is 0. The Labute approximate surface area is 358 Å². The van der Waals surface area contributed by atoms with Gasteiger partial charge in [-0.15, -0.1) is 0 Å². The second-order valence-electron chi connectivity index (χ2n) is 15.6. The molecule has 12 aromatic rings. The molecule has 3 aromatic heterocycles. The van der Waals surface area contributed by atoms with Gasteiger partial charge in [0, 0.05) is 43.9 Å². The Kier molecular flexibility index (Phi) is 8.42. The molecule has 12 rings (SSSR count). The lowest BCUT2D eigenvalue weighted by atomic mass is 9.97. The number of para-hydroxylation sites is 4. The smallest absolute Gasteiger partial charge is 0.164 e. The van der Waals surface area contributed by atoms with E-state index in [0.717, 1.165) is 61.4 Å². The number of hydrogen-bond acceptors (Lipinski definition) is 3. The molecule has 0 aliphatic carbocycles. The van der Waals surface area contributed by atoms with Crippen molar-refractivity contribution in [2.45, 2.75) is 0 Å². The average molecular weight is 792 g/mol. The van der Waals surface area contributed by atoms with E-state index in [9.17, 15) is 0 Å². The summed E-state index contributed by atoms with van der Waals surface area (Å²) in [5.41, 5.74) is 13.7. The van der Waals surface area contributed by atoms with Gasteiger partial charge in [-0.1, -0.05) is 188 Å². The third kappa shape index (κ3) is 5.82. The molecule has 0 radical (unpaired) electrons. The lowest BCUT2D eigenvalue weighted by Crippen LogP contribution is -2.04. The van der Waals surface area contributed by atoms with Crippen molar-refractivity contribution in [2.75, 3.05) is 0 Å². The van der Waals surface area contributed by atoms with E-state index in [1.807, 2.05) is 24.3 Å². The summed E-state index contributed by atoms with van der Waals surface area (Å²) >= 11 is 0. The minimum Gasteiger partial charge on any atom is -0.307 e. The fourth-order valence-corrected chi connectivity index (χ4v) is 9.24. The molecular formula is C57H37N5. The predicted molar refractivity (Wildman–Crippen MR) is 256 cm³/mol. The average Bonchev–Trinajstić information content (AvgIpc) is 3.88. The molecule has 0 saturated heterocycles. The molecule has 9 aromatic carbocycles. The fraction of sp³-hybridized carbons (Fsp3) is 0. The van der Waals surface area contributed by atoms with E-state index in [1.165, 1.54) is 32.6 Å². The van der Waals surface area contributed by atoms with Crippen LogP contribution in [-0.4, -0.2) is 24.1 Å². The molecule has 0 spiro atoms. The van der Waals surface area contributed by atoms with Gasteiger partial charge >= 0.3 is 0 Å². The summed E-state index contributed by atoms with van der Waals surface area (Å²) in [7, 11) is 0. The zero-order valence-corrected chi connectivity index (χ0v) is 33.6. The summed E-state index contributed by atoms with van der Waals surface area (Å²) in [5, 5.41) is 4.82. The molecule has 290 valence electrons. The number of aromatic nitrogens is 5. The van der Waals surface area contributed by atoms with Gasteiger partial charge in [0.25, 0.3) is 0 Å². The monoisotopic (exact) mass is 791 g/mol. The Morgan fingerprint density at radius 2 is 0.710 bits per heavy atom. The van der Waals surface area contributed by atoms with Crippen molar-refractivity contribution in [3.8, 4) is 67.8 Å². The van der Waals surface area contributed by atoms with Crippen LogP contribution in [-0.2, 0) is 0 Å². The summed E-state index contributed by atoms with van der Waals surface area (Å²) in [6, 6.07) is 79.2. The van der Waals surface area contributed by atoms with Gasteiger partial charge in [-0.25, -0.2) is 15.0 Å². The van der Waals surface area contributed by atoms with Crippen molar-refractivity contribution in [3.05, 3.63) is 224 Å². The van der Waals surface area contributed by atoms with E-state index in [0.29, 0.717) is 17.5 Å². The first-order valence-electron chi connectivity index (χ1n) is 21.0. The highest BCUT2D eigenvalue weighted by atomic mass is 15.1. The molecule has 0 aliphatic rings. The van der Waals surface area contributed by atoms with Crippen molar-refractivity contribution in [2.24, 2.45) is 0 Å². The normalized spacial score (nSPS) is 11.5. The maximum Gasteiger partial charge on any atom is 0.164 e. The number of nitrogens with zero attached hydrogens (tertiary/aromatic N) is 5. The Morgan fingerprint density at radius 1 is 0.274 bits per heavy atom. The molecule has 0 N–H and O–H groups in total. The lowest BCUT2D eigenvalue weighted by Gasteiger charge is -2.17. The third-order valence-corrected chi connectivity index (χ3v) is 12.0. The van der Waals surface area contributed by atoms with Gasteiger partial charge in [0.1, 0.15) is 0 Å². The highest BCUT2D eigenvalue weighted by molar-refractivity contribution is 6.15. The van der Waals surface area contributed by atoms with Crippen LogP contribution in [0.3, 0.4) is 0 Å². The van der Waals surface area contributed by atoms with Crippen LogP contribution in [0.2, 0.25) is 0 Å². The quantitative estimate of drug-likeness (QED) is 0.162. The highest BCUT2D eigenvalue weighted by Crippen LogP contribution is 2.42. The molecule has 0 bridgehead atoms. The Morgan fingerprint density at radius 3 is 1.32 bits per heavy atom. The maximum absolute atomic E-state index is 5.41. The molecule has 0 unspecified atom stereocenters. The van der Waals surface area contributed by atoms with E-state index in [2.05, 4.69) is 209 Å². The standard InChI is InChI=1S/C57H37N5/c1-4-19-38(20-5-1)42-25-10-11-29-48(42)56-58-55(40-23-8-3-9-24-40)59-57(60-56)49-37-41(35-36-43(49)39-21-6-2-7-22-39)61-50-31-15-14-28-46(50)47-30-18-34-53(54(47)61)62-51-32-16-12-26-44(51)45-27-13-17-33-52(45)62/h1-37H. The summed E-state index contributed by atoms with van der Waals surface area (Å²) in [5.74, 6) is 1.83. The number of benzene rings is 9. The first kappa shape index (κ1) is 35.5. The Bertz CT molecular complexity index is 3570. The molecule has 0 saturated carbocycles. The van der Waals surface area contributed by atoms with Gasteiger partial charge in [0.15, 0.2) is 17.5 Å². The summed E-state index contributed by atoms with van der Waals surface area (Å²) < 4.78 is 4.85. The number of hydrogen-bond donors (Lipinski definition) is 0. The number of fused-ring (bicyclic) bond motifs is 6. The SMILES string of the molecule is c1ccc(-c2nc(-c3ccccc3-c3ccccc3)nc(-c3cc(-n4c5ccccc5c5cccc(-n6c7ccccc7c7ccccc76)c54)ccc3-c3ccccc3)n2)cc1. The molecule has 5 heteroatoms. The highest BCUT2D eigenvalue weighted by Gasteiger charge is 2.23. The minimum absolute atomic E-state index is 0.598. The molecule has 0 atom stereocenters. The topological polar surface area (TPSA) is 48.5 Å². The van der Waals surface area contributed by atoms with Crippen LogP contribution in [0.5, 0.6) is 0 Å². The van der Waals surface area contributed by atoms with E-state index < -0.39 is 0 Å². The van der Waals surface area contributed by atoms with E-state index in [1.54, 1.807) is 0 Å². The second-order valence-corrected chi connectivity index (χ2v) is 15.6. The van der Waals surface area contributed by atoms with Gasteiger partial charge in [0.2, 0.25) is 0 Å². The molecule has 0 aliphatic heterocycles. The van der Waals surface area contributed by atoms with Crippen molar-refractivity contribution in [1.82, 2.24) is 24.1 Å². The van der Waals surface area contributed by atoms with Crippen molar-refractivity contribution >= 4 is 43.6 Å². The largest absolute Gasteiger partial charge is 0.307 e. The van der Waals surface area contributed by atoms with Crippen LogP contribution in [0.1, 0.15) is 0 Å². The third-order valence-electron chi connectivity index (χ3n) is 12.0. The van der Waals surface area contributed by atoms with Gasteiger partial charge in [-0.05, 0) is 58.7 Å². The zero-order chi connectivity index (χ0) is 41.0. The van der Waals surface area contributed by atoms with Gasteiger partial charge < -0.3 is 9.13 Å². The molecule has 5 nitrogen and oxygen atoms in total. The molecule has 0 fully saturated rings. The van der Waals surface area contributed by atoms with Crippen molar-refractivity contribution < 1.29 is 0 Å². The first-order chi connectivity index (χ1) is 30.8. The Hall–Kier alpha value is -8.41. The van der Waals surface area contributed by atoms with Gasteiger partial charge in [0.05, 0.1) is 27.8 Å². The second kappa shape index (κ2) is 14.7. The van der Waals surface area contributed by atoms with Crippen LogP contribution in [0.25, 0.3) is 111 Å². The maximum atomic E-state index is 5.41. The van der Waals surface area contributed by atoms with Crippen molar-refractivity contribution in [1.29, 1.82) is 0 Å². The van der Waals surface area contributed by atoms with Crippen LogP contribution in [0, 0.1) is 0 Å². The van der Waals surface area contributed by atoms with Crippen molar-refractivity contribution in [3.63, 3.8) is 0 Å². The minimum atomic E-state index is 0.598. The molecule has 62 heavy (non-hydrogen) atoms. The van der Waals surface area contributed by atoms with Gasteiger partial charge in [-0.3, -0.25) is 0 Å². The van der Waals surface area contributed by atoms with Crippen LogP contribution < -0.4 is 0 Å². The van der Waals surface area contributed by atoms with Crippen LogP contribution >= 0.6 is 0 Å². The summed E-state index contributed by atoms with van der Waals surface area (Å²) in [6.45, 7) is 0. The fourth-order valence-electron chi connectivity index (χ4n) is 9.24. The van der Waals surface area contributed by atoms with Crippen LogP contribution in [0.15, 0.2) is 224 Å².